The molecule has 2 amide bonds. The van der Waals surface area contributed by atoms with Crippen LogP contribution in [0.4, 0.5) is 0 Å². The number of nitrogens with zero attached hydrogens (tertiary/aromatic N) is 1. The molecule has 2 rings (SSSR count). The Labute approximate surface area is 126 Å². The largest absolute Gasteiger partial charge is 0.342 e. The molecule has 0 bridgehead atoms. The second-order valence-electron chi connectivity index (χ2n) is 5.95. The van der Waals surface area contributed by atoms with E-state index in [1.165, 1.54) is 6.42 Å². The van der Waals surface area contributed by atoms with Crippen molar-refractivity contribution in [1.82, 2.24) is 10.2 Å². The molecule has 114 valence electrons. The summed E-state index contributed by atoms with van der Waals surface area (Å²) in [6.07, 6.45) is 5.31. The van der Waals surface area contributed by atoms with Gasteiger partial charge in [0, 0.05) is 24.8 Å². The first-order chi connectivity index (χ1) is 9.59. The molecule has 1 atom stereocenters. The van der Waals surface area contributed by atoms with Crippen LogP contribution in [0.2, 0.25) is 0 Å². The summed E-state index contributed by atoms with van der Waals surface area (Å²) in [5, 5.41) is 3.05. The number of carbonyl (C=O) groups excluding carboxylic acids is 2. The fourth-order valence-corrected chi connectivity index (χ4v) is 4.03. The fraction of sp³-hybridized carbons (Fsp3) is 0.867. The molecule has 1 unspecified atom stereocenters. The van der Waals surface area contributed by atoms with Crippen molar-refractivity contribution in [3.8, 4) is 0 Å². The van der Waals surface area contributed by atoms with Gasteiger partial charge in [0.15, 0.2) is 0 Å². The molecular formula is C15H26N2O2S. The summed E-state index contributed by atoms with van der Waals surface area (Å²) in [5.41, 5.74) is -0.600. The van der Waals surface area contributed by atoms with E-state index in [1.807, 2.05) is 16.7 Å². The predicted octanol–water partition coefficient (Wildman–Crippen LogP) is 2.18. The third kappa shape index (κ3) is 3.30. The van der Waals surface area contributed by atoms with Crippen molar-refractivity contribution in [3.63, 3.8) is 0 Å². The van der Waals surface area contributed by atoms with Gasteiger partial charge in [0.1, 0.15) is 5.54 Å². The zero-order valence-electron chi connectivity index (χ0n) is 12.6. The Morgan fingerprint density at radius 1 is 1.30 bits per heavy atom. The SMILES string of the molecule is CCSCC(C)N1CCC(=O)NC2(CCCCC2)C1=O. The minimum absolute atomic E-state index is 0.0399. The van der Waals surface area contributed by atoms with Gasteiger partial charge in [-0.2, -0.15) is 11.8 Å². The number of carbonyl (C=O) groups is 2. The van der Waals surface area contributed by atoms with E-state index < -0.39 is 5.54 Å². The minimum atomic E-state index is -0.600. The van der Waals surface area contributed by atoms with Gasteiger partial charge in [-0.1, -0.05) is 26.2 Å². The summed E-state index contributed by atoms with van der Waals surface area (Å²) in [5.74, 6) is 2.21. The van der Waals surface area contributed by atoms with Crippen LogP contribution < -0.4 is 5.32 Å². The molecule has 1 aliphatic heterocycles. The third-order valence-electron chi connectivity index (χ3n) is 4.43. The highest BCUT2D eigenvalue weighted by atomic mass is 32.2. The van der Waals surface area contributed by atoms with Gasteiger partial charge in [0.25, 0.3) is 0 Å². The van der Waals surface area contributed by atoms with E-state index in [0.29, 0.717) is 13.0 Å². The van der Waals surface area contributed by atoms with E-state index in [0.717, 1.165) is 37.2 Å². The highest BCUT2D eigenvalue weighted by molar-refractivity contribution is 7.99. The van der Waals surface area contributed by atoms with E-state index in [-0.39, 0.29) is 17.9 Å². The molecule has 2 fully saturated rings. The van der Waals surface area contributed by atoms with Crippen molar-refractivity contribution in [1.29, 1.82) is 0 Å². The molecule has 0 aromatic heterocycles. The summed E-state index contributed by atoms with van der Waals surface area (Å²) in [7, 11) is 0. The topological polar surface area (TPSA) is 49.4 Å². The molecule has 5 heteroatoms. The molecule has 0 radical (unpaired) electrons. The molecule has 1 saturated carbocycles. The fourth-order valence-electron chi connectivity index (χ4n) is 3.27. The van der Waals surface area contributed by atoms with Crippen LogP contribution in [0.5, 0.6) is 0 Å². The van der Waals surface area contributed by atoms with E-state index in [9.17, 15) is 9.59 Å². The van der Waals surface area contributed by atoms with E-state index in [1.54, 1.807) is 0 Å². The van der Waals surface area contributed by atoms with Crippen LogP contribution in [0.1, 0.15) is 52.4 Å². The van der Waals surface area contributed by atoms with Crippen molar-refractivity contribution >= 4 is 23.6 Å². The Bertz CT molecular complexity index is 367. The quantitative estimate of drug-likeness (QED) is 0.865. The molecule has 0 aromatic rings. The summed E-state index contributed by atoms with van der Waals surface area (Å²) in [4.78, 5) is 26.9. The third-order valence-corrected chi connectivity index (χ3v) is 5.56. The van der Waals surface area contributed by atoms with Crippen LogP contribution in [0.15, 0.2) is 0 Å². The van der Waals surface area contributed by atoms with Gasteiger partial charge in [0.05, 0.1) is 0 Å². The van der Waals surface area contributed by atoms with Gasteiger partial charge in [0.2, 0.25) is 11.8 Å². The molecule has 1 saturated heterocycles. The second-order valence-corrected chi connectivity index (χ2v) is 7.27. The lowest BCUT2D eigenvalue weighted by Gasteiger charge is -2.40. The summed E-state index contributed by atoms with van der Waals surface area (Å²) in [6, 6.07) is 0.207. The molecule has 1 spiro atoms. The summed E-state index contributed by atoms with van der Waals surface area (Å²) in [6.45, 7) is 4.81. The Morgan fingerprint density at radius 3 is 2.65 bits per heavy atom. The van der Waals surface area contributed by atoms with E-state index in [2.05, 4.69) is 19.2 Å². The molecular weight excluding hydrogens is 272 g/mol. The first kappa shape index (κ1) is 15.7. The standard InChI is InChI=1S/C15H26N2O2S/c1-3-20-11-12(2)17-10-7-13(18)16-15(14(17)19)8-5-4-6-9-15/h12H,3-11H2,1-2H3,(H,16,18). The molecule has 2 aliphatic rings. The summed E-state index contributed by atoms with van der Waals surface area (Å²) >= 11 is 1.86. The van der Waals surface area contributed by atoms with Crippen LogP contribution in [-0.2, 0) is 9.59 Å². The van der Waals surface area contributed by atoms with Gasteiger partial charge in [-0.05, 0) is 25.5 Å². The Morgan fingerprint density at radius 2 is 2.00 bits per heavy atom. The van der Waals surface area contributed by atoms with Gasteiger partial charge in [-0.3, -0.25) is 9.59 Å². The van der Waals surface area contributed by atoms with Crippen LogP contribution in [-0.4, -0.2) is 46.3 Å². The molecule has 1 N–H and O–H groups in total. The highest BCUT2D eigenvalue weighted by Crippen LogP contribution is 2.32. The van der Waals surface area contributed by atoms with Crippen LogP contribution in [0.25, 0.3) is 0 Å². The van der Waals surface area contributed by atoms with E-state index in [4.69, 9.17) is 0 Å². The highest BCUT2D eigenvalue weighted by Gasteiger charge is 2.45. The maximum Gasteiger partial charge on any atom is 0.248 e. The van der Waals surface area contributed by atoms with Gasteiger partial charge in [-0.15, -0.1) is 0 Å². The maximum atomic E-state index is 13.0. The molecule has 0 aromatic carbocycles. The molecule has 1 heterocycles. The predicted molar refractivity (Wildman–Crippen MR) is 82.7 cm³/mol. The normalized spacial score (nSPS) is 24.4. The van der Waals surface area contributed by atoms with Crippen molar-refractivity contribution < 1.29 is 9.59 Å². The Kier molecular flexibility index (Phi) is 5.35. The summed E-state index contributed by atoms with van der Waals surface area (Å²) < 4.78 is 0. The monoisotopic (exact) mass is 298 g/mol. The van der Waals surface area contributed by atoms with Crippen molar-refractivity contribution in [2.45, 2.75) is 64.0 Å². The van der Waals surface area contributed by atoms with Crippen molar-refractivity contribution in [2.75, 3.05) is 18.1 Å². The second kappa shape index (κ2) is 6.83. The van der Waals surface area contributed by atoms with Gasteiger partial charge < -0.3 is 10.2 Å². The number of rotatable bonds is 4. The lowest BCUT2D eigenvalue weighted by Crippen LogP contribution is -2.59. The minimum Gasteiger partial charge on any atom is -0.342 e. The van der Waals surface area contributed by atoms with Crippen LogP contribution >= 0.6 is 11.8 Å². The zero-order chi connectivity index (χ0) is 14.6. The van der Waals surface area contributed by atoms with Crippen LogP contribution in [0, 0.1) is 0 Å². The first-order valence-corrected chi connectivity index (χ1v) is 8.94. The number of thioether (sulfide) groups is 1. The number of hydrogen-bond acceptors (Lipinski definition) is 3. The molecule has 4 nitrogen and oxygen atoms in total. The average molecular weight is 298 g/mol. The Hall–Kier alpha value is -0.710. The zero-order valence-corrected chi connectivity index (χ0v) is 13.4. The van der Waals surface area contributed by atoms with Gasteiger partial charge in [-0.25, -0.2) is 0 Å². The maximum absolute atomic E-state index is 13.0. The Balaban J connectivity index is 2.16. The molecule has 20 heavy (non-hydrogen) atoms. The van der Waals surface area contributed by atoms with Crippen molar-refractivity contribution in [2.24, 2.45) is 0 Å². The lowest BCUT2D eigenvalue weighted by molar-refractivity contribution is -0.141. The number of nitrogens with one attached hydrogen (secondary N) is 1. The van der Waals surface area contributed by atoms with Crippen LogP contribution in [0.3, 0.4) is 0 Å². The number of hydrogen-bond donors (Lipinski definition) is 1. The average Bonchev–Trinajstić information content (AvgIpc) is 2.56. The smallest absolute Gasteiger partial charge is 0.248 e. The van der Waals surface area contributed by atoms with Gasteiger partial charge >= 0.3 is 0 Å². The lowest BCUT2D eigenvalue weighted by atomic mass is 9.80. The molecule has 1 aliphatic carbocycles. The van der Waals surface area contributed by atoms with E-state index >= 15 is 0 Å². The van der Waals surface area contributed by atoms with Crippen molar-refractivity contribution in [3.05, 3.63) is 0 Å². The first-order valence-electron chi connectivity index (χ1n) is 7.79. The number of amides is 2.